The minimum absolute atomic E-state index is 0.263. The number of alkyl halides is 3. The summed E-state index contributed by atoms with van der Waals surface area (Å²) in [6.07, 6.45) is -1.25. The van der Waals surface area contributed by atoms with Gasteiger partial charge in [-0.25, -0.2) is 0 Å². The first kappa shape index (κ1) is 24.1. The standard InChI is InChI=1S/C24H26F3N5OS/c1-16-10-12-18(13-11-16)32-22(31-14-6-3-7-15-31)29-30-23(32)34-17(2)21(33)28-20-9-5-4-8-19(20)24(25,26)27/h4-5,8-13,17H,3,6-7,14-15H2,1-2H3,(H,28,33). The molecule has 1 aliphatic heterocycles. The number of rotatable bonds is 6. The van der Waals surface area contributed by atoms with Crippen LogP contribution < -0.4 is 10.2 Å². The third kappa shape index (κ3) is 5.38. The summed E-state index contributed by atoms with van der Waals surface area (Å²) >= 11 is 1.16. The normalized spacial score (nSPS) is 15.3. The number of anilines is 2. The summed E-state index contributed by atoms with van der Waals surface area (Å²) in [6, 6.07) is 12.9. The quantitative estimate of drug-likeness (QED) is 0.450. The maximum absolute atomic E-state index is 13.3. The summed E-state index contributed by atoms with van der Waals surface area (Å²) in [5.74, 6) is 0.167. The highest BCUT2D eigenvalue weighted by Crippen LogP contribution is 2.35. The Hall–Kier alpha value is -3.01. The van der Waals surface area contributed by atoms with Gasteiger partial charge in [0.25, 0.3) is 0 Å². The van der Waals surface area contributed by atoms with Gasteiger partial charge in [-0.15, -0.1) is 10.2 Å². The summed E-state index contributed by atoms with van der Waals surface area (Å²) in [5.41, 5.74) is 0.840. The molecule has 0 aliphatic carbocycles. The number of hydrogen-bond acceptors (Lipinski definition) is 5. The molecule has 1 N–H and O–H groups in total. The first-order valence-electron chi connectivity index (χ1n) is 11.1. The average Bonchev–Trinajstić information content (AvgIpc) is 3.23. The van der Waals surface area contributed by atoms with Crippen LogP contribution >= 0.6 is 11.8 Å². The number of aryl methyl sites for hydroxylation is 1. The van der Waals surface area contributed by atoms with Crippen molar-refractivity contribution in [3.05, 3.63) is 59.7 Å². The predicted octanol–water partition coefficient (Wildman–Crippen LogP) is 5.70. The highest BCUT2D eigenvalue weighted by atomic mass is 32.2. The van der Waals surface area contributed by atoms with Crippen LogP contribution in [0.5, 0.6) is 0 Å². The largest absolute Gasteiger partial charge is 0.418 e. The highest BCUT2D eigenvalue weighted by Gasteiger charge is 2.34. The zero-order valence-corrected chi connectivity index (χ0v) is 19.8. The molecule has 3 aromatic rings. The van der Waals surface area contributed by atoms with Crippen LogP contribution in [0.2, 0.25) is 0 Å². The van der Waals surface area contributed by atoms with Gasteiger partial charge in [0, 0.05) is 13.1 Å². The third-order valence-corrected chi connectivity index (χ3v) is 6.73. The van der Waals surface area contributed by atoms with E-state index in [0.29, 0.717) is 11.1 Å². The molecule has 34 heavy (non-hydrogen) atoms. The maximum atomic E-state index is 13.3. The van der Waals surface area contributed by atoms with Crippen LogP contribution in [0.15, 0.2) is 53.7 Å². The molecule has 1 atom stereocenters. The number of nitrogens with zero attached hydrogens (tertiary/aromatic N) is 4. The van der Waals surface area contributed by atoms with Crippen molar-refractivity contribution in [1.29, 1.82) is 0 Å². The number of amides is 1. The lowest BCUT2D eigenvalue weighted by Gasteiger charge is -2.28. The second-order valence-electron chi connectivity index (χ2n) is 8.29. The van der Waals surface area contributed by atoms with Crippen LogP contribution in [0.1, 0.15) is 37.3 Å². The molecule has 0 radical (unpaired) electrons. The Kier molecular flexibility index (Phi) is 7.16. The molecule has 1 fully saturated rings. The molecule has 0 saturated carbocycles. The van der Waals surface area contributed by atoms with Gasteiger partial charge in [0.2, 0.25) is 11.9 Å². The third-order valence-electron chi connectivity index (χ3n) is 5.69. The second kappa shape index (κ2) is 10.1. The minimum atomic E-state index is -4.56. The summed E-state index contributed by atoms with van der Waals surface area (Å²) in [7, 11) is 0. The van der Waals surface area contributed by atoms with Crippen molar-refractivity contribution in [2.24, 2.45) is 0 Å². The molecular formula is C24H26F3N5OS. The number of thioether (sulfide) groups is 1. The van der Waals surface area contributed by atoms with Crippen molar-refractivity contribution in [2.45, 2.75) is 49.7 Å². The number of piperidine rings is 1. The van der Waals surface area contributed by atoms with Gasteiger partial charge in [0.05, 0.1) is 22.2 Å². The van der Waals surface area contributed by atoms with Crippen LogP contribution in [0.4, 0.5) is 24.8 Å². The van der Waals surface area contributed by atoms with E-state index in [0.717, 1.165) is 55.0 Å². The van der Waals surface area contributed by atoms with E-state index in [1.807, 2.05) is 35.8 Å². The van der Waals surface area contributed by atoms with Gasteiger partial charge >= 0.3 is 6.18 Å². The van der Waals surface area contributed by atoms with Crippen molar-refractivity contribution in [1.82, 2.24) is 14.8 Å². The maximum Gasteiger partial charge on any atom is 0.418 e. The van der Waals surface area contributed by atoms with E-state index in [9.17, 15) is 18.0 Å². The number of nitrogens with one attached hydrogen (secondary N) is 1. The minimum Gasteiger partial charge on any atom is -0.341 e. The van der Waals surface area contributed by atoms with Crippen LogP contribution in [0.25, 0.3) is 5.69 Å². The fraction of sp³-hybridized carbons (Fsp3) is 0.375. The molecule has 1 unspecified atom stereocenters. The molecular weight excluding hydrogens is 463 g/mol. The van der Waals surface area contributed by atoms with Crippen molar-refractivity contribution in [3.63, 3.8) is 0 Å². The van der Waals surface area contributed by atoms with E-state index in [-0.39, 0.29) is 5.69 Å². The van der Waals surface area contributed by atoms with Crippen molar-refractivity contribution in [3.8, 4) is 5.69 Å². The van der Waals surface area contributed by atoms with Crippen LogP contribution in [-0.4, -0.2) is 39.0 Å². The number of carbonyl (C=O) groups is 1. The van der Waals surface area contributed by atoms with Crippen molar-refractivity contribution < 1.29 is 18.0 Å². The lowest BCUT2D eigenvalue weighted by atomic mass is 10.1. The number of aromatic nitrogens is 3. The van der Waals surface area contributed by atoms with Gasteiger partial charge in [0.1, 0.15) is 0 Å². The molecule has 10 heteroatoms. The topological polar surface area (TPSA) is 63.1 Å². The summed E-state index contributed by atoms with van der Waals surface area (Å²) in [6.45, 7) is 5.39. The lowest BCUT2D eigenvalue weighted by Crippen LogP contribution is -2.31. The monoisotopic (exact) mass is 489 g/mol. The highest BCUT2D eigenvalue weighted by molar-refractivity contribution is 8.00. The zero-order chi connectivity index (χ0) is 24.3. The van der Waals surface area contributed by atoms with Crippen molar-refractivity contribution >= 4 is 29.3 Å². The molecule has 1 aromatic heterocycles. The first-order chi connectivity index (χ1) is 16.2. The summed E-state index contributed by atoms with van der Waals surface area (Å²) < 4.78 is 41.9. The summed E-state index contributed by atoms with van der Waals surface area (Å²) in [4.78, 5) is 15.0. The summed E-state index contributed by atoms with van der Waals surface area (Å²) in [5, 5.41) is 11.0. The molecule has 2 aromatic carbocycles. The fourth-order valence-corrected chi connectivity index (χ4v) is 4.71. The van der Waals surface area contributed by atoms with Crippen LogP contribution in [0, 0.1) is 6.92 Å². The van der Waals surface area contributed by atoms with Crippen LogP contribution in [0.3, 0.4) is 0 Å². The van der Waals surface area contributed by atoms with E-state index in [1.165, 1.54) is 24.6 Å². The van der Waals surface area contributed by atoms with E-state index in [4.69, 9.17) is 0 Å². The van der Waals surface area contributed by atoms with Gasteiger partial charge in [-0.3, -0.25) is 9.36 Å². The van der Waals surface area contributed by atoms with Gasteiger partial charge in [-0.05, 0) is 57.4 Å². The fourth-order valence-electron chi connectivity index (χ4n) is 3.84. The first-order valence-corrected chi connectivity index (χ1v) is 12.0. The molecule has 0 bridgehead atoms. The smallest absolute Gasteiger partial charge is 0.341 e. The lowest BCUT2D eigenvalue weighted by molar-refractivity contribution is -0.137. The zero-order valence-electron chi connectivity index (χ0n) is 19.0. The predicted molar refractivity (Wildman–Crippen MR) is 128 cm³/mol. The van der Waals surface area contributed by atoms with E-state index < -0.39 is 22.9 Å². The van der Waals surface area contributed by atoms with Gasteiger partial charge < -0.3 is 10.2 Å². The Balaban J connectivity index is 1.59. The molecule has 0 spiro atoms. The Bertz CT molecular complexity index is 1140. The van der Waals surface area contributed by atoms with Crippen molar-refractivity contribution in [2.75, 3.05) is 23.3 Å². The number of hydrogen-bond donors (Lipinski definition) is 1. The molecule has 6 nitrogen and oxygen atoms in total. The Morgan fingerprint density at radius 1 is 1.03 bits per heavy atom. The molecule has 180 valence electrons. The molecule has 2 heterocycles. The van der Waals surface area contributed by atoms with Gasteiger partial charge in [0.15, 0.2) is 5.16 Å². The van der Waals surface area contributed by atoms with Crippen LogP contribution in [-0.2, 0) is 11.0 Å². The number of para-hydroxylation sites is 1. The molecule has 1 amide bonds. The average molecular weight is 490 g/mol. The SMILES string of the molecule is Cc1ccc(-n2c(SC(C)C(=O)Nc3ccccc3C(F)(F)F)nnc2N2CCCCC2)cc1. The Morgan fingerprint density at radius 2 is 1.71 bits per heavy atom. The van der Waals surface area contributed by atoms with Gasteiger partial charge in [-0.1, -0.05) is 41.6 Å². The number of benzene rings is 2. The van der Waals surface area contributed by atoms with E-state index in [1.54, 1.807) is 6.92 Å². The molecule has 1 saturated heterocycles. The Labute approximate surface area is 200 Å². The van der Waals surface area contributed by atoms with Gasteiger partial charge in [-0.2, -0.15) is 13.2 Å². The number of halogens is 3. The van der Waals surface area contributed by atoms with E-state index in [2.05, 4.69) is 20.4 Å². The Morgan fingerprint density at radius 3 is 2.38 bits per heavy atom. The molecule has 4 rings (SSSR count). The second-order valence-corrected chi connectivity index (χ2v) is 9.60. The van der Waals surface area contributed by atoms with E-state index >= 15 is 0 Å². The number of carbonyl (C=O) groups excluding carboxylic acids is 1. The molecule has 1 aliphatic rings.